The van der Waals surface area contributed by atoms with Gasteiger partial charge in [0.1, 0.15) is 5.78 Å². The smallest absolute Gasteiger partial charge is 0.139 e. The average molecular weight is 215 g/mol. The third-order valence-corrected chi connectivity index (χ3v) is 3.72. The molecule has 0 radical (unpaired) electrons. The van der Waals surface area contributed by atoms with Crippen molar-refractivity contribution < 1.29 is 4.79 Å². The molecule has 0 amide bonds. The molecular formula is C14H17NO. The van der Waals surface area contributed by atoms with Crippen LogP contribution in [0.2, 0.25) is 0 Å². The van der Waals surface area contributed by atoms with Gasteiger partial charge in [-0.3, -0.25) is 4.79 Å². The molecule has 1 heterocycles. The lowest BCUT2D eigenvalue weighted by molar-refractivity contribution is -0.118. The normalized spacial score (nSPS) is 23.3. The number of ketones is 1. The van der Waals surface area contributed by atoms with Gasteiger partial charge in [0.2, 0.25) is 0 Å². The molecule has 0 saturated heterocycles. The number of anilines is 1. The van der Waals surface area contributed by atoms with Gasteiger partial charge in [0.05, 0.1) is 5.92 Å². The summed E-state index contributed by atoms with van der Waals surface area (Å²) in [6, 6.07) is 8.37. The number of hydrogen-bond acceptors (Lipinski definition) is 2. The lowest BCUT2D eigenvalue weighted by atomic mass is 9.98. The maximum absolute atomic E-state index is 11.6. The highest BCUT2D eigenvalue weighted by atomic mass is 16.1. The molecule has 2 aliphatic rings. The van der Waals surface area contributed by atoms with E-state index in [1.54, 1.807) is 6.92 Å². The highest BCUT2D eigenvalue weighted by Crippen LogP contribution is 2.39. The molecule has 1 unspecified atom stereocenters. The molecule has 1 fully saturated rings. The standard InChI is InChI=1S/C14H17NO/c1-10(16)13-9-15(8-11-6-7-11)14-5-3-2-4-12(13)14/h2-5,11,13H,6-9H2,1H3. The van der Waals surface area contributed by atoms with E-state index in [1.165, 1.54) is 24.1 Å². The Kier molecular flexibility index (Phi) is 2.23. The summed E-state index contributed by atoms with van der Waals surface area (Å²) in [7, 11) is 0. The summed E-state index contributed by atoms with van der Waals surface area (Å²) in [6.07, 6.45) is 2.73. The third-order valence-electron chi connectivity index (χ3n) is 3.72. The van der Waals surface area contributed by atoms with Crippen LogP contribution in [0.5, 0.6) is 0 Å². The van der Waals surface area contributed by atoms with Gasteiger partial charge >= 0.3 is 0 Å². The van der Waals surface area contributed by atoms with Crippen molar-refractivity contribution in [1.82, 2.24) is 0 Å². The van der Waals surface area contributed by atoms with E-state index in [0.717, 1.165) is 19.0 Å². The van der Waals surface area contributed by atoms with E-state index in [4.69, 9.17) is 0 Å². The van der Waals surface area contributed by atoms with E-state index in [1.807, 2.05) is 6.07 Å². The monoisotopic (exact) mass is 215 g/mol. The number of hydrogen-bond donors (Lipinski definition) is 0. The Hall–Kier alpha value is -1.31. The number of Topliss-reactive ketones (excluding diaryl/α,β-unsaturated/α-hetero) is 1. The second-order valence-corrected chi connectivity index (χ2v) is 5.07. The fourth-order valence-electron chi connectivity index (χ4n) is 2.62. The second kappa shape index (κ2) is 3.62. The number of fused-ring (bicyclic) bond motifs is 1. The minimum Gasteiger partial charge on any atom is -0.370 e. The Morgan fingerprint density at radius 3 is 2.81 bits per heavy atom. The Bertz CT molecular complexity index is 422. The summed E-state index contributed by atoms with van der Waals surface area (Å²) in [5.74, 6) is 1.28. The summed E-state index contributed by atoms with van der Waals surface area (Å²) in [5.41, 5.74) is 2.52. The van der Waals surface area contributed by atoms with Crippen molar-refractivity contribution in [3.05, 3.63) is 29.8 Å². The summed E-state index contributed by atoms with van der Waals surface area (Å²) in [4.78, 5) is 14.0. The van der Waals surface area contributed by atoms with Crippen LogP contribution in [0.3, 0.4) is 0 Å². The molecule has 1 saturated carbocycles. The zero-order valence-electron chi connectivity index (χ0n) is 9.65. The largest absolute Gasteiger partial charge is 0.370 e. The van der Waals surface area contributed by atoms with Crippen LogP contribution in [0, 0.1) is 5.92 Å². The van der Waals surface area contributed by atoms with Gasteiger partial charge in [-0.1, -0.05) is 18.2 Å². The van der Waals surface area contributed by atoms with Crippen LogP contribution in [-0.4, -0.2) is 18.9 Å². The number of carbonyl (C=O) groups is 1. The van der Waals surface area contributed by atoms with Gasteiger partial charge in [0.15, 0.2) is 0 Å². The number of benzene rings is 1. The molecule has 2 nitrogen and oxygen atoms in total. The van der Waals surface area contributed by atoms with Crippen LogP contribution in [0.1, 0.15) is 31.2 Å². The highest BCUT2D eigenvalue weighted by Gasteiger charge is 2.34. The Balaban J connectivity index is 1.91. The molecule has 2 heteroatoms. The van der Waals surface area contributed by atoms with Gasteiger partial charge in [0, 0.05) is 18.8 Å². The average Bonchev–Trinajstić information content (AvgIpc) is 3.00. The van der Waals surface area contributed by atoms with E-state index in [2.05, 4.69) is 23.1 Å². The molecule has 1 aliphatic heterocycles. The molecule has 84 valence electrons. The summed E-state index contributed by atoms with van der Waals surface area (Å²) < 4.78 is 0. The predicted molar refractivity (Wildman–Crippen MR) is 64.8 cm³/mol. The van der Waals surface area contributed by atoms with Crippen LogP contribution in [0.25, 0.3) is 0 Å². The van der Waals surface area contributed by atoms with Gasteiger partial charge in [0.25, 0.3) is 0 Å². The minimum absolute atomic E-state index is 0.106. The first-order valence-corrected chi connectivity index (χ1v) is 6.10. The molecule has 3 rings (SSSR count). The molecule has 0 bridgehead atoms. The lowest BCUT2D eigenvalue weighted by Crippen LogP contribution is -2.25. The van der Waals surface area contributed by atoms with E-state index in [-0.39, 0.29) is 5.92 Å². The molecule has 1 aromatic carbocycles. The maximum atomic E-state index is 11.6. The first-order valence-electron chi connectivity index (χ1n) is 6.10. The van der Waals surface area contributed by atoms with Gasteiger partial charge in [-0.2, -0.15) is 0 Å². The molecule has 0 N–H and O–H groups in total. The van der Waals surface area contributed by atoms with Crippen LogP contribution in [0.4, 0.5) is 5.69 Å². The van der Waals surface area contributed by atoms with E-state index in [0.29, 0.717) is 5.78 Å². The Morgan fingerprint density at radius 2 is 2.12 bits per heavy atom. The Morgan fingerprint density at radius 1 is 1.38 bits per heavy atom. The van der Waals surface area contributed by atoms with E-state index in [9.17, 15) is 4.79 Å². The number of nitrogens with zero attached hydrogens (tertiary/aromatic N) is 1. The molecule has 0 aromatic heterocycles. The molecule has 1 aliphatic carbocycles. The Labute approximate surface area is 96.3 Å². The first kappa shape index (κ1) is 9.88. The highest BCUT2D eigenvalue weighted by molar-refractivity contribution is 5.88. The molecule has 0 spiro atoms. The fraction of sp³-hybridized carbons (Fsp3) is 0.500. The summed E-state index contributed by atoms with van der Waals surface area (Å²) in [5, 5.41) is 0. The zero-order valence-corrected chi connectivity index (χ0v) is 9.65. The lowest BCUT2D eigenvalue weighted by Gasteiger charge is -2.19. The second-order valence-electron chi connectivity index (χ2n) is 5.07. The van der Waals surface area contributed by atoms with Crippen molar-refractivity contribution in [3.8, 4) is 0 Å². The quantitative estimate of drug-likeness (QED) is 0.772. The molecular weight excluding hydrogens is 198 g/mol. The third kappa shape index (κ3) is 1.62. The SMILES string of the molecule is CC(=O)C1CN(CC2CC2)c2ccccc21. The van der Waals surface area contributed by atoms with E-state index >= 15 is 0 Å². The van der Waals surface area contributed by atoms with Crippen molar-refractivity contribution in [2.45, 2.75) is 25.7 Å². The minimum atomic E-state index is 0.106. The number of para-hydroxylation sites is 1. The van der Waals surface area contributed by atoms with Crippen molar-refractivity contribution >= 4 is 11.5 Å². The van der Waals surface area contributed by atoms with Gasteiger partial charge in [-0.25, -0.2) is 0 Å². The summed E-state index contributed by atoms with van der Waals surface area (Å²) in [6.45, 7) is 3.74. The van der Waals surface area contributed by atoms with Crippen molar-refractivity contribution in [3.63, 3.8) is 0 Å². The zero-order chi connectivity index (χ0) is 11.1. The van der Waals surface area contributed by atoms with Crippen LogP contribution >= 0.6 is 0 Å². The molecule has 1 aromatic rings. The van der Waals surface area contributed by atoms with Crippen molar-refractivity contribution in [2.75, 3.05) is 18.0 Å². The van der Waals surface area contributed by atoms with Crippen LogP contribution < -0.4 is 4.90 Å². The first-order chi connectivity index (χ1) is 7.75. The number of carbonyl (C=O) groups excluding carboxylic acids is 1. The van der Waals surface area contributed by atoms with Crippen LogP contribution in [-0.2, 0) is 4.79 Å². The molecule has 1 atom stereocenters. The van der Waals surface area contributed by atoms with Crippen molar-refractivity contribution in [2.24, 2.45) is 5.92 Å². The maximum Gasteiger partial charge on any atom is 0.139 e. The molecule has 16 heavy (non-hydrogen) atoms. The van der Waals surface area contributed by atoms with Gasteiger partial charge in [-0.15, -0.1) is 0 Å². The number of rotatable bonds is 3. The van der Waals surface area contributed by atoms with Gasteiger partial charge < -0.3 is 4.90 Å². The van der Waals surface area contributed by atoms with Crippen molar-refractivity contribution in [1.29, 1.82) is 0 Å². The fourth-order valence-corrected chi connectivity index (χ4v) is 2.62. The van der Waals surface area contributed by atoms with Crippen LogP contribution in [0.15, 0.2) is 24.3 Å². The predicted octanol–water partition coefficient (Wildman–Crippen LogP) is 2.59. The van der Waals surface area contributed by atoms with Gasteiger partial charge in [-0.05, 0) is 37.3 Å². The topological polar surface area (TPSA) is 20.3 Å². The summed E-state index contributed by atoms with van der Waals surface area (Å²) >= 11 is 0. The van der Waals surface area contributed by atoms with E-state index < -0.39 is 0 Å².